The standard InChI is InChI=1S/C13H20O2/c1-4-9-14-12-7-6-8-13(10-12)15-11(3)5-2/h6-8,10-11H,4-5,9H2,1-3H3. The highest BCUT2D eigenvalue weighted by Crippen LogP contribution is 2.20. The van der Waals surface area contributed by atoms with Gasteiger partial charge in [0.1, 0.15) is 11.5 Å². The fraction of sp³-hybridized carbons (Fsp3) is 0.538. The van der Waals surface area contributed by atoms with Gasteiger partial charge < -0.3 is 9.47 Å². The summed E-state index contributed by atoms with van der Waals surface area (Å²) in [6.45, 7) is 7.04. The molecule has 84 valence electrons. The third-order valence-corrected chi connectivity index (χ3v) is 2.19. The molecule has 0 aromatic heterocycles. The van der Waals surface area contributed by atoms with Crippen molar-refractivity contribution in [3.63, 3.8) is 0 Å². The minimum atomic E-state index is 0.256. The van der Waals surface area contributed by atoms with Gasteiger partial charge >= 0.3 is 0 Å². The third-order valence-electron chi connectivity index (χ3n) is 2.19. The second-order valence-electron chi connectivity index (χ2n) is 3.66. The van der Waals surface area contributed by atoms with Crippen LogP contribution < -0.4 is 9.47 Å². The summed E-state index contributed by atoms with van der Waals surface area (Å²) in [4.78, 5) is 0. The molecule has 0 aliphatic carbocycles. The summed E-state index contributed by atoms with van der Waals surface area (Å²) in [7, 11) is 0. The number of hydrogen-bond donors (Lipinski definition) is 0. The molecule has 0 fully saturated rings. The normalized spacial score (nSPS) is 12.2. The molecule has 2 nitrogen and oxygen atoms in total. The highest BCUT2D eigenvalue weighted by atomic mass is 16.5. The van der Waals surface area contributed by atoms with Crippen LogP contribution >= 0.6 is 0 Å². The molecular formula is C13H20O2. The first-order valence-corrected chi connectivity index (χ1v) is 5.65. The lowest BCUT2D eigenvalue weighted by Crippen LogP contribution is -2.09. The minimum Gasteiger partial charge on any atom is -0.493 e. The maximum Gasteiger partial charge on any atom is 0.123 e. The molecule has 1 aromatic carbocycles. The number of benzene rings is 1. The van der Waals surface area contributed by atoms with E-state index in [0.29, 0.717) is 0 Å². The molecule has 0 bridgehead atoms. The fourth-order valence-corrected chi connectivity index (χ4v) is 1.17. The summed E-state index contributed by atoms with van der Waals surface area (Å²) >= 11 is 0. The van der Waals surface area contributed by atoms with Gasteiger partial charge in [-0.15, -0.1) is 0 Å². The largest absolute Gasteiger partial charge is 0.493 e. The van der Waals surface area contributed by atoms with Gasteiger partial charge in [-0.2, -0.15) is 0 Å². The Morgan fingerprint density at radius 3 is 2.60 bits per heavy atom. The van der Waals surface area contributed by atoms with E-state index in [1.165, 1.54) is 0 Å². The van der Waals surface area contributed by atoms with Gasteiger partial charge in [-0.3, -0.25) is 0 Å². The Labute approximate surface area is 92.2 Å². The smallest absolute Gasteiger partial charge is 0.123 e. The van der Waals surface area contributed by atoms with Gasteiger partial charge in [0.15, 0.2) is 0 Å². The average Bonchev–Trinajstić information content (AvgIpc) is 2.26. The zero-order chi connectivity index (χ0) is 11.1. The lowest BCUT2D eigenvalue weighted by atomic mass is 10.3. The highest BCUT2D eigenvalue weighted by Gasteiger charge is 2.02. The molecule has 0 saturated carbocycles. The van der Waals surface area contributed by atoms with Gasteiger partial charge in [0.05, 0.1) is 12.7 Å². The monoisotopic (exact) mass is 208 g/mol. The van der Waals surface area contributed by atoms with E-state index in [1.54, 1.807) is 0 Å². The van der Waals surface area contributed by atoms with Gasteiger partial charge in [0.25, 0.3) is 0 Å². The highest BCUT2D eigenvalue weighted by molar-refractivity contribution is 5.33. The SMILES string of the molecule is CCCOc1cccc(OC(C)CC)c1. The van der Waals surface area contributed by atoms with Crippen molar-refractivity contribution in [3.8, 4) is 11.5 Å². The molecule has 0 spiro atoms. The molecule has 0 saturated heterocycles. The fourth-order valence-electron chi connectivity index (χ4n) is 1.17. The zero-order valence-electron chi connectivity index (χ0n) is 9.82. The van der Waals surface area contributed by atoms with Gasteiger partial charge in [0.2, 0.25) is 0 Å². The Hall–Kier alpha value is -1.18. The van der Waals surface area contributed by atoms with Gasteiger partial charge in [0, 0.05) is 6.07 Å². The maximum atomic E-state index is 5.70. The first kappa shape index (κ1) is 11.9. The summed E-state index contributed by atoms with van der Waals surface area (Å²) in [5.74, 6) is 1.77. The van der Waals surface area contributed by atoms with E-state index < -0.39 is 0 Å². The van der Waals surface area contributed by atoms with Crippen LogP contribution in [-0.2, 0) is 0 Å². The molecule has 0 N–H and O–H groups in total. The van der Waals surface area contributed by atoms with E-state index in [9.17, 15) is 0 Å². The summed E-state index contributed by atoms with van der Waals surface area (Å²) in [6, 6.07) is 7.83. The maximum absolute atomic E-state index is 5.70. The van der Waals surface area contributed by atoms with Crippen LogP contribution in [0.15, 0.2) is 24.3 Å². The van der Waals surface area contributed by atoms with E-state index in [4.69, 9.17) is 9.47 Å². The Kier molecular flexibility index (Phi) is 5.02. The van der Waals surface area contributed by atoms with E-state index >= 15 is 0 Å². The van der Waals surface area contributed by atoms with Crippen LogP contribution in [0.25, 0.3) is 0 Å². The van der Waals surface area contributed by atoms with Crippen LogP contribution in [0, 0.1) is 0 Å². The number of hydrogen-bond acceptors (Lipinski definition) is 2. The summed E-state index contributed by atoms with van der Waals surface area (Å²) < 4.78 is 11.2. The number of ether oxygens (including phenoxy) is 2. The molecular weight excluding hydrogens is 188 g/mol. The number of rotatable bonds is 6. The quantitative estimate of drug-likeness (QED) is 0.710. The molecule has 1 atom stereocenters. The van der Waals surface area contributed by atoms with Crippen molar-refractivity contribution in [2.75, 3.05) is 6.61 Å². The van der Waals surface area contributed by atoms with Crippen LogP contribution in [0.2, 0.25) is 0 Å². The lowest BCUT2D eigenvalue weighted by molar-refractivity contribution is 0.216. The minimum absolute atomic E-state index is 0.256. The first-order chi connectivity index (χ1) is 7.26. The average molecular weight is 208 g/mol. The van der Waals surface area contributed by atoms with Crippen molar-refractivity contribution in [3.05, 3.63) is 24.3 Å². The van der Waals surface area contributed by atoms with E-state index in [2.05, 4.69) is 20.8 Å². The Bertz CT molecular complexity index is 284. The van der Waals surface area contributed by atoms with Crippen molar-refractivity contribution < 1.29 is 9.47 Å². The predicted octanol–water partition coefficient (Wildman–Crippen LogP) is 3.65. The first-order valence-electron chi connectivity index (χ1n) is 5.65. The van der Waals surface area contributed by atoms with Gasteiger partial charge in [-0.05, 0) is 31.9 Å². The molecule has 2 heteroatoms. The summed E-state index contributed by atoms with van der Waals surface area (Å²) in [5, 5.41) is 0. The molecule has 1 aromatic rings. The predicted molar refractivity (Wildman–Crippen MR) is 62.6 cm³/mol. The molecule has 1 rings (SSSR count). The van der Waals surface area contributed by atoms with Crippen molar-refractivity contribution in [1.29, 1.82) is 0 Å². The molecule has 0 amide bonds. The molecule has 0 aliphatic rings. The molecule has 0 aliphatic heterocycles. The molecule has 0 radical (unpaired) electrons. The van der Waals surface area contributed by atoms with Crippen LogP contribution in [0.5, 0.6) is 11.5 Å². The van der Waals surface area contributed by atoms with Gasteiger partial charge in [-0.25, -0.2) is 0 Å². The Balaban J connectivity index is 2.57. The van der Waals surface area contributed by atoms with E-state index in [1.807, 2.05) is 24.3 Å². The van der Waals surface area contributed by atoms with Crippen LogP contribution in [0.3, 0.4) is 0 Å². The molecule has 15 heavy (non-hydrogen) atoms. The van der Waals surface area contributed by atoms with Crippen molar-refractivity contribution >= 4 is 0 Å². The van der Waals surface area contributed by atoms with Crippen molar-refractivity contribution in [1.82, 2.24) is 0 Å². The summed E-state index contributed by atoms with van der Waals surface area (Å²) in [5.41, 5.74) is 0. The zero-order valence-corrected chi connectivity index (χ0v) is 9.82. The summed E-state index contributed by atoms with van der Waals surface area (Å²) in [6.07, 6.45) is 2.29. The third kappa shape index (κ3) is 4.24. The second kappa shape index (κ2) is 6.33. The Morgan fingerprint density at radius 1 is 1.20 bits per heavy atom. The van der Waals surface area contributed by atoms with Gasteiger partial charge in [-0.1, -0.05) is 19.9 Å². The Morgan fingerprint density at radius 2 is 1.93 bits per heavy atom. The molecule has 0 heterocycles. The topological polar surface area (TPSA) is 18.5 Å². The van der Waals surface area contributed by atoms with E-state index in [-0.39, 0.29) is 6.10 Å². The second-order valence-corrected chi connectivity index (χ2v) is 3.66. The van der Waals surface area contributed by atoms with Crippen LogP contribution in [-0.4, -0.2) is 12.7 Å². The van der Waals surface area contributed by atoms with Crippen molar-refractivity contribution in [2.24, 2.45) is 0 Å². The lowest BCUT2D eigenvalue weighted by Gasteiger charge is -2.13. The van der Waals surface area contributed by atoms with Crippen molar-refractivity contribution in [2.45, 2.75) is 39.7 Å². The van der Waals surface area contributed by atoms with Crippen LogP contribution in [0.1, 0.15) is 33.6 Å². The van der Waals surface area contributed by atoms with E-state index in [0.717, 1.165) is 30.9 Å². The van der Waals surface area contributed by atoms with Crippen LogP contribution in [0.4, 0.5) is 0 Å². The molecule has 1 unspecified atom stereocenters.